The highest BCUT2D eigenvalue weighted by atomic mass is 16.5. The van der Waals surface area contributed by atoms with Crippen molar-refractivity contribution in [3.8, 4) is 5.75 Å². The van der Waals surface area contributed by atoms with E-state index in [0.29, 0.717) is 18.4 Å². The van der Waals surface area contributed by atoms with Crippen LogP contribution in [0.15, 0.2) is 24.3 Å². The molecule has 3 unspecified atom stereocenters. The van der Waals surface area contributed by atoms with Gasteiger partial charge >= 0.3 is 0 Å². The van der Waals surface area contributed by atoms with Crippen LogP contribution >= 0.6 is 0 Å². The molecule has 0 bridgehead atoms. The fourth-order valence-electron chi connectivity index (χ4n) is 3.04. The van der Waals surface area contributed by atoms with E-state index in [-0.39, 0.29) is 12.0 Å². The minimum absolute atomic E-state index is 0.0972. The standard InChI is InChI=1S/C19H29NO3/c1-13(2)16-7-5-9-18(11-16)23-14(3)19(22)20-12-15-6-4-8-17(21)10-15/h5,7,9,11,13-15,17,21H,4,6,8,10,12H2,1-3H3,(H,20,22). The summed E-state index contributed by atoms with van der Waals surface area (Å²) in [5.41, 5.74) is 1.20. The quantitative estimate of drug-likeness (QED) is 0.846. The SMILES string of the molecule is CC(Oc1cccc(C(C)C)c1)C(=O)NCC1CCCC(O)C1. The van der Waals surface area contributed by atoms with Crippen molar-refractivity contribution >= 4 is 5.91 Å². The van der Waals surface area contributed by atoms with Crippen molar-refractivity contribution in [1.29, 1.82) is 0 Å². The molecule has 4 heteroatoms. The lowest BCUT2D eigenvalue weighted by Gasteiger charge is -2.26. The van der Waals surface area contributed by atoms with E-state index in [1.54, 1.807) is 6.92 Å². The molecule has 1 aliphatic rings. The van der Waals surface area contributed by atoms with Gasteiger partial charge in [-0.2, -0.15) is 0 Å². The maximum Gasteiger partial charge on any atom is 0.260 e. The maximum absolute atomic E-state index is 12.2. The van der Waals surface area contributed by atoms with Gasteiger partial charge in [0, 0.05) is 6.54 Å². The van der Waals surface area contributed by atoms with Gasteiger partial charge in [0.2, 0.25) is 0 Å². The Kier molecular flexibility index (Phi) is 6.46. The number of nitrogens with one attached hydrogen (secondary N) is 1. The number of carbonyl (C=O) groups is 1. The average molecular weight is 319 g/mol. The third kappa shape index (κ3) is 5.54. The molecule has 0 aromatic heterocycles. The lowest BCUT2D eigenvalue weighted by Crippen LogP contribution is -2.40. The van der Waals surface area contributed by atoms with Gasteiger partial charge in [0.15, 0.2) is 6.10 Å². The van der Waals surface area contributed by atoms with E-state index < -0.39 is 6.10 Å². The molecular weight excluding hydrogens is 290 g/mol. The Bertz CT molecular complexity index is 515. The summed E-state index contributed by atoms with van der Waals surface area (Å²) in [5.74, 6) is 1.44. The van der Waals surface area contributed by atoms with Gasteiger partial charge in [-0.05, 0) is 55.7 Å². The first-order valence-corrected chi connectivity index (χ1v) is 8.68. The molecule has 1 aliphatic carbocycles. The van der Waals surface area contributed by atoms with Gasteiger partial charge in [-0.3, -0.25) is 4.79 Å². The van der Waals surface area contributed by atoms with Gasteiger partial charge in [0.05, 0.1) is 6.10 Å². The Hall–Kier alpha value is -1.55. The topological polar surface area (TPSA) is 58.6 Å². The molecule has 3 atom stereocenters. The number of hydrogen-bond acceptors (Lipinski definition) is 3. The second-order valence-electron chi connectivity index (χ2n) is 6.92. The molecular formula is C19H29NO3. The van der Waals surface area contributed by atoms with Gasteiger partial charge in [-0.1, -0.05) is 32.4 Å². The molecule has 0 radical (unpaired) electrons. The molecule has 0 aliphatic heterocycles. The molecule has 1 saturated carbocycles. The predicted octanol–water partition coefficient (Wildman–Crippen LogP) is 3.24. The van der Waals surface area contributed by atoms with Crippen molar-refractivity contribution in [2.24, 2.45) is 5.92 Å². The smallest absolute Gasteiger partial charge is 0.260 e. The minimum atomic E-state index is -0.522. The number of amides is 1. The Morgan fingerprint density at radius 3 is 2.83 bits per heavy atom. The summed E-state index contributed by atoms with van der Waals surface area (Å²) in [6.45, 7) is 6.66. The van der Waals surface area contributed by atoms with Gasteiger partial charge in [-0.15, -0.1) is 0 Å². The average Bonchev–Trinajstić information content (AvgIpc) is 2.52. The number of rotatable bonds is 6. The number of aliphatic hydroxyl groups is 1. The molecule has 23 heavy (non-hydrogen) atoms. The van der Waals surface area contributed by atoms with Crippen molar-refractivity contribution in [2.45, 2.75) is 64.6 Å². The first-order valence-electron chi connectivity index (χ1n) is 8.68. The van der Waals surface area contributed by atoms with Crippen LogP contribution in [0.5, 0.6) is 5.75 Å². The highest BCUT2D eigenvalue weighted by Crippen LogP contribution is 2.24. The summed E-state index contributed by atoms with van der Waals surface area (Å²) in [6, 6.07) is 7.90. The lowest BCUT2D eigenvalue weighted by molar-refractivity contribution is -0.127. The van der Waals surface area contributed by atoms with E-state index >= 15 is 0 Å². The highest BCUT2D eigenvalue weighted by Gasteiger charge is 2.22. The molecule has 1 fully saturated rings. The van der Waals surface area contributed by atoms with Crippen LogP contribution in [-0.2, 0) is 4.79 Å². The maximum atomic E-state index is 12.2. The Morgan fingerprint density at radius 1 is 1.35 bits per heavy atom. The van der Waals surface area contributed by atoms with E-state index in [2.05, 4.69) is 25.2 Å². The molecule has 2 rings (SSSR count). The largest absolute Gasteiger partial charge is 0.481 e. The second-order valence-corrected chi connectivity index (χ2v) is 6.92. The van der Waals surface area contributed by atoms with E-state index in [9.17, 15) is 9.90 Å². The monoisotopic (exact) mass is 319 g/mol. The molecule has 2 N–H and O–H groups in total. The number of benzene rings is 1. The van der Waals surface area contributed by atoms with Gasteiger partial charge < -0.3 is 15.2 Å². The Labute approximate surface area is 139 Å². The zero-order valence-corrected chi connectivity index (χ0v) is 14.4. The van der Waals surface area contributed by atoms with Crippen LogP contribution in [0.3, 0.4) is 0 Å². The fourth-order valence-corrected chi connectivity index (χ4v) is 3.04. The molecule has 1 aromatic rings. The van der Waals surface area contributed by atoms with Crippen molar-refractivity contribution in [3.63, 3.8) is 0 Å². The number of hydrogen-bond donors (Lipinski definition) is 2. The second kappa shape index (κ2) is 8.34. The zero-order chi connectivity index (χ0) is 16.8. The molecule has 1 amide bonds. The summed E-state index contributed by atoms with van der Waals surface area (Å²) < 4.78 is 5.77. The highest BCUT2D eigenvalue weighted by molar-refractivity contribution is 5.80. The summed E-state index contributed by atoms with van der Waals surface area (Å²) >= 11 is 0. The number of ether oxygens (including phenoxy) is 1. The van der Waals surface area contributed by atoms with Crippen LogP contribution in [0.2, 0.25) is 0 Å². The van der Waals surface area contributed by atoms with Crippen molar-refractivity contribution in [3.05, 3.63) is 29.8 Å². The van der Waals surface area contributed by atoms with Gasteiger partial charge in [-0.25, -0.2) is 0 Å². The molecule has 0 spiro atoms. The lowest BCUT2D eigenvalue weighted by atomic mass is 9.87. The van der Waals surface area contributed by atoms with Gasteiger partial charge in [0.25, 0.3) is 5.91 Å². The van der Waals surface area contributed by atoms with Crippen molar-refractivity contribution in [2.75, 3.05) is 6.54 Å². The van der Waals surface area contributed by atoms with E-state index in [1.165, 1.54) is 5.56 Å². The predicted molar refractivity (Wildman–Crippen MR) is 91.6 cm³/mol. The van der Waals surface area contributed by atoms with Crippen molar-refractivity contribution < 1.29 is 14.6 Å². The summed E-state index contributed by atoms with van der Waals surface area (Å²) in [7, 11) is 0. The third-order valence-electron chi connectivity index (χ3n) is 4.53. The van der Waals surface area contributed by atoms with Crippen LogP contribution < -0.4 is 10.1 Å². The molecule has 128 valence electrons. The Morgan fingerprint density at radius 2 is 2.13 bits per heavy atom. The van der Waals surface area contributed by atoms with E-state index in [0.717, 1.165) is 31.4 Å². The van der Waals surface area contributed by atoms with Crippen LogP contribution in [0.25, 0.3) is 0 Å². The van der Waals surface area contributed by atoms with E-state index in [1.807, 2.05) is 18.2 Å². The van der Waals surface area contributed by atoms with Crippen LogP contribution in [0.1, 0.15) is 57.9 Å². The third-order valence-corrected chi connectivity index (χ3v) is 4.53. The van der Waals surface area contributed by atoms with Crippen LogP contribution in [0.4, 0.5) is 0 Å². The summed E-state index contributed by atoms with van der Waals surface area (Å²) in [5, 5.41) is 12.6. The van der Waals surface area contributed by atoms with Gasteiger partial charge in [0.1, 0.15) is 5.75 Å². The van der Waals surface area contributed by atoms with Crippen LogP contribution in [0, 0.1) is 5.92 Å². The zero-order valence-electron chi connectivity index (χ0n) is 14.4. The molecule has 0 saturated heterocycles. The number of carbonyl (C=O) groups excluding carboxylic acids is 1. The normalized spacial score (nSPS) is 22.7. The Balaban J connectivity index is 1.81. The fraction of sp³-hybridized carbons (Fsp3) is 0.632. The first kappa shape index (κ1) is 17.8. The first-order chi connectivity index (χ1) is 11.0. The summed E-state index contributed by atoms with van der Waals surface area (Å²) in [6.07, 6.45) is 3.05. The molecule has 1 aromatic carbocycles. The molecule has 4 nitrogen and oxygen atoms in total. The van der Waals surface area contributed by atoms with E-state index in [4.69, 9.17) is 4.74 Å². The minimum Gasteiger partial charge on any atom is -0.481 e. The van der Waals surface area contributed by atoms with Crippen molar-refractivity contribution in [1.82, 2.24) is 5.32 Å². The number of aliphatic hydroxyl groups excluding tert-OH is 1. The molecule has 0 heterocycles. The summed E-state index contributed by atoms with van der Waals surface area (Å²) in [4.78, 5) is 12.2. The van der Waals surface area contributed by atoms with Crippen LogP contribution in [-0.4, -0.2) is 29.8 Å².